The summed E-state index contributed by atoms with van der Waals surface area (Å²) >= 11 is 5.84. The highest BCUT2D eigenvalue weighted by Crippen LogP contribution is 2.33. The highest BCUT2D eigenvalue weighted by atomic mass is 35.5. The Bertz CT molecular complexity index is 1290. The van der Waals surface area contributed by atoms with Crippen LogP contribution >= 0.6 is 11.6 Å². The summed E-state index contributed by atoms with van der Waals surface area (Å²) in [5, 5.41) is 35.1. The lowest BCUT2D eigenvalue weighted by atomic mass is 10.1. The van der Waals surface area contributed by atoms with Gasteiger partial charge in [-0.15, -0.1) is 13.2 Å². The summed E-state index contributed by atoms with van der Waals surface area (Å²) in [4.78, 5) is 13.5. The number of aromatic nitrogens is 2. The third-order valence-corrected chi connectivity index (χ3v) is 5.83. The van der Waals surface area contributed by atoms with E-state index < -0.39 is 12.1 Å². The number of aromatic amines is 1. The minimum absolute atomic E-state index is 0.140. The number of halogens is 4. The number of fused-ring (bicyclic) bond motifs is 1. The summed E-state index contributed by atoms with van der Waals surface area (Å²) in [7, 11) is 1.76. The summed E-state index contributed by atoms with van der Waals surface area (Å²) < 4.78 is 40.9. The van der Waals surface area contributed by atoms with E-state index in [0.29, 0.717) is 49.7 Å². The molecule has 0 saturated carbocycles. The van der Waals surface area contributed by atoms with Gasteiger partial charge in [-0.1, -0.05) is 17.7 Å². The lowest BCUT2D eigenvalue weighted by molar-refractivity contribution is -0.274. The Morgan fingerprint density at radius 1 is 1.18 bits per heavy atom. The first-order valence-corrected chi connectivity index (χ1v) is 12.3. The van der Waals surface area contributed by atoms with Crippen molar-refractivity contribution < 1.29 is 22.7 Å². The molecule has 3 aromatic rings. The summed E-state index contributed by atoms with van der Waals surface area (Å²) in [6.45, 7) is 1.70. The van der Waals surface area contributed by atoms with Crippen molar-refractivity contribution in [1.29, 1.82) is 10.8 Å². The molecule has 1 heterocycles. The molecule has 0 aliphatic heterocycles. The summed E-state index contributed by atoms with van der Waals surface area (Å²) in [5.74, 6) is 0.0496. The van der Waals surface area contributed by atoms with Gasteiger partial charge in [0, 0.05) is 45.3 Å². The smallest absolute Gasteiger partial charge is 0.404 e. The number of hydrogen-bond donors (Lipinski definition) is 7. The largest absolute Gasteiger partial charge is 0.573 e. The summed E-state index contributed by atoms with van der Waals surface area (Å²) in [6, 6.07) is 7.61. The van der Waals surface area contributed by atoms with Crippen LogP contribution in [0.15, 0.2) is 30.3 Å². The van der Waals surface area contributed by atoms with Crippen molar-refractivity contribution in [3.8, 4) is 5.75 Å². The number of benzene rings is 2. The van der Waals surface area contributed by atoms with Crippen LogP contribution in [0.25, 0.3) is 10.9 Å². The molecule has 0 unspecified atom stereocenters. The van der Waals surface area contributed by atoms with Crippen LogP contribution in [0.1, 0.15) is 18.4 Å². The fourth-order valence-corrected chi connectivity index (χ4v) is 3.96. The van der Waals surface area contributed by atoms with Crippen molar-refractivity contribution in [1.82, 2.24) is 20.8 Å². The van der Waals surface area contributed by atoms with Crippen LogP contribution in [-0.4, -0.2) is 61.8 Å². The molecule has 1 aromatic heterocycles. The fourth-order valence-electron chi connectivity index (χ4n) is 3.72. The molecule has 15 heteroatoms. The monoisotopic (exact) mass is 567 g/mol. The average Bonchev–Trinajstić information content (AvgIpc) is 3.31. The lowest BCUT2D eigenvalue weighted by Crippen LogP contribution is -2.29. The highest BCUT2D eigenvalue weighted by Gasteiger charge is 2.32. The maximum atomic E-state index is 12.3. The standard InChI is InChI=1S/C24H29ClF3N9O2/c1-31-23-22-18(10-16(37(13-29)14-30)11-19(22)35-36-23)33-6-2-7-34-21(38)5-8-32-12-15-3-4-20(17(25)9-15)39-24(26,27)28/h3-4,9-11,13-14,29-30,32-33H,2,5-8,12H2,1H3,(H,34,38)(H2,31,35,36). The van der Waals surface area contributed by atoms with Gasteiger partial charge in [0.25, 0.3) is 0 Å². The van der Waals surface area contributed by atoms with E-state index in [-0.39, 0.29) is 17.4 Å². The second-order valence-corrected chi connectivity index (χ2v) is 8.68. The first-order chi connectivity index (χ1) is 18.6. The maximum absolute atomic E-state index is 12.3. The van der Waals surface area contributed by atoms with Gasteiger partial charge in [0.2, 0.25) is 5.91 Å². The minimum atomic E-state index is -4.81. The van der Waals surface area contributed by atoms with Crippen molar-refractivity contribution >= 4 is 58.3 Å². The predicted octanol–water partition coefficient (Wildman–Crippen LogP) is 4.28. The van der Waals surface area contributed by atoms with Gasteiger partial charge in [-0.25, -0.2) is 0 Å². The van der Waals surface area contributed by atoms with E-state index in [1.807, 2.05) is 6.07 Å². The Balaban J connectivity index is 1.40. The molecule has 0 fully saturated rings. The molecule has 0 bridgehead atoms. The number of H-pyrrole nitrogens is 1. The molecule has 7 N–H and O–H groups in total. The number of carbonyl (C=O) groups is 1. The van der Waals surface area contributed by atoms with Crippen LogP contribution in [-0.2, 0) is 11.3 Å². The first-order valence-electron chi connectivity index (χ1n) is 11.9. The van der Waals surface area contributed by atoms with Gasteiger partial charge in [0.05, 0.1) is 34.3 Å². The number of amides is 1. The van der Waals surface area contributed by atoms with Gasteiger partial charge in [-0.3, -0.25) is 25.6 Å². The molecule has 0 aliphatic carbocycles. The summed E-state index contributed by atoms with van der Waals surface area (Å²) in [5.41, 5.74) is 2.78. The SMILES string of the molecule is CNc1n[nH]c2cc(N(C=N)C=N)cc(NCCCNC(=O)CCNCc3ccc(OC(F)(F)F)c(Cl)c3)c12. The van der Waals surface area contributed by atoms with Gasteiger partial charge in [-0.05, 0) is 36.2 Å². The zero-order chi connectivity index (χ0) is 28.4. The van der Waals surface area contributed by atoms with E-state index in [0.717, 1.165) is 35.3 Å². The van der Waals surface area contributed by atoms with E-state index >= 15 is 0 Å². The Kier molecular flexibility index (Phi) is 10.3. The van der Waals surface area contributed by atoms with Crippen LogP contribution in [0.4, 0.5) is 30.4 Å². The number of anilines is 3. The lowest BCUT2D eigenvalue weighted by Gasteiger charge is -2.16. The van der Waals surface area contributed by atoms with Crippen molar-refractivity contribution in [2.75, 3.05) is 42.2 Å². The zero-order valence-electron chi connectivity index (χ0n) is 21.0. The van der Waals surface area contributed by atoms with Crippen molar-refractivity contribution in [2.45, 2.75) is 25.7 Å². The molecule has 0 spiro atoms. The second-order valence-electron chi connectivity index (χ2n) is 8.27. The number of nitrogens with zero attached hydrogens (tertiary/aromatic N) is 2. The topological polar surface area (TPSA) is 154 Å². The van der Waals surface area contributed by atoms with E-state index in [1.54, 1.807) is 13.1 Å². The quantitative estimate of drug-likeness (QED) is 0.0821. The number of carbonyl (C=O) groups excluding carboxylic acids is 1. The maximum Gasteiger partial charge on any atom is 0.573 e. The van der Waals surface area contributed by atoms with Gasteiger partial charge in [0.15, 0.2) is 5.82 Å². The van der Waals surface area contributed by atoms with Gasteiger partial charge in [-0.2, -0.15) is 5.10 Å². The normalized spacial score (nSPS) is 11.2. The molecular weight excluding hydrogens is 539 g/mol. The molecule has 0 atom stereocenters. The van der Waals surface area contributed by atoms with Crippen molar-refractivity contribution in [2.24, 2.45) is 0 Å². The molecule has 2 aromatic carbocycles. The van der Waals surface area contributed by atoms with E-state index in [9.17, 15) is 18.0 Å². The third kappa shape index (κ3) is 8.48. The Morgan fingerprint density at radius 2 is 1.95 bits per heavy atom. The number of nitrogens with one attached hydrogen (secondary N) is 7. The number of hydrogen-bond acceptors (Lipinski definition) is 8. The zero-order valence-corrected chi connectivity index (χ0v) is 21.8. The van der Waals surface area contributed by atoms with Crippen molar-refractivity contribution in [3.05, 3.63) is 40.9 Å². The molecular formula is C24H29ClF3N9O2. The minimum Gasteiger partial charge on any atom is -0.404 e. The van der Waals surface area contributed by atoms with E-state index in [1.165, 1.54) is 17.0 Å². The first kappa shape index (κ1) is 29.5. The number of ether oxygens (including phenoxy) is 1. The Morgan fingerprint density at radius 3 is 2.62 bits per heavy atom. The van der Waals surface area contributed by atoms with Crippen LogP contribution < -0.4 is 30.9 Å². The third-order valence-electron chi connectivity index (χ3n) is 5.53. The molecule has 1 amide bonds. The molecule has 3 rings (SSSR count). The average molecular weight is 568 g/mol. The number of rotatable bonds is 15. The van der Waals surface area contributed by atoms with Crippen LogP contribution in [0.3, 0.4) is 0 Å². The molecule has 210 valence electrons. The molecule has 0 aliphatic rings. The van der Waals surface area contributed by atoms with Gasteiger partial charge in [0.1, 0.15) is 5.75 Å². The van der Waals surface area contributed by atoms with Gasteiger partial charge < -0.3 is 26.0 Å². The molecule has 0 saturated heterocycles. The predicted molar refractivity (Wildman–Crippen MR) is 146 cm³/mol. The van der Waals surface area contributed by atoms with Gasteiger partial charge >= 0.3 is 6.36 Å². The number of alkyl halides is 3. The van der Waals surface area contributed by atoms with E-state index in [4.69, 9.17) is 22.4 Å². The Hall–Kier alpha value is -4.04. The van der Waals surface area contributed by atoms with Crippen LogP contribution in [0.2, 0.25) is 5.02 Å². The van der Waals surface area contributed by atoms with Crippen molar-refractivity contribution in [3.63, 3.8) is 0 Å². The highest BCUT2D eigenvalue weighted by molar-refractivity contribution is 6.32. The Labute approximate surface area is 227 Å². The fraction of sp³-hybridized carbons (Fsp3) is 0.333. The molecule has 0 radical (unpaired) electrons. The van der Waals surface area contributed by atoms with E-state index in [2.05, 4.69) is 36.2 Å². The second kappa shape index (κ2) is 13.7. The molecule has 11 nitrogen and oxygen atoms in total. The summed E-state index contributed by atoms with van der Waals surface area (Å²) in [6.07, 6.45) is -1.87. The van der Waals surface area contributed by atoms with Crippen LogP contribution in [0, 0.1) is 10.8 Å². The molecule has 39 heavy (non-hydrogen) atoms. The van der Waals surface area contributed by atoms with Crippen LogP contribution in [0.5, 0.6) is 5.75 Å².